The highest BCUT2D eigenvalue weighted by Gasteiger charge is 2.36. The van der Waals surface area contributed by atoms with E-state index in [2.05, 4.69) is 17.1 Å². The predicted octanol–water partition coefficient (Wildman–Crippen LogP) is 4.34. The monoisotopic (exact) mass is 569 g/mol. The Balaban J connectivity index is 0.000000251. The van der Waals surface area contributed by atoms with Gasteiger partial charge >= 0.3 is 5.97 Å². The number of carbonyl (C=O) groups excluding carboxylic acids is 1. The van der Waals surface area contributed by atoms with Crippen LogP contribution in [0, 0.1) is 17.2 Å². The molecule has 1 amide bonds. The molecule has 2 aromatic carbocycles. The Hall–Kier alpha value is -2.85. The Labute approximate surface area is 241 Å². The van der Waals surface area contributed by atoms with Crippen LogP contribution in [0.5, 0.6) is 0 Å². The molecule has 9 heteroatoms. The maximum atomic E-state index is 13.5. The average Bonchev–Trinajstić information content (AvgIpc) is 2.94. The molecule has 2 fully saturated rings. The molecule has 0 aromatic heterocycles. The summed E-state index contributed by atoms with van der Waals surface area (Å²) in [5.41, 5.74) is 7.88. The molecular formula is C32H44FN3O5. The maximum absolute atomic E-state index is 13.5. The van der Waals surface area contributed by atoms with Gasteiger partial charge in [0.25, 0.3) is 0 Å². The third-order valence-electron chi connectivity index (χ3n) is 9.03. The molecule has 3 aliphatic rings. The highest BCUT2D eigenvalue weighted by Crippen LogP contribution is 2.41. The minimum atomic E-state index is -1.02. The number of hydrogen-bond acceptors (Lipinski definition) is 6. The number of halogens is 1. The number of aliphatic hydroxyl groups is 2. The zero-order chi connectivity index (χ0) is 29.6. The van der Waals surface area contributed by atoms with Crippen molar-refractivity contribution < 1.29 is 29.3 Å². The first kappa shape index (κ1) is 31.1. The van der Waals surface area contributed by atoms with Crippen molar-refractivity contribution in [1.29, 1.82) is 0 Å². The van der Waals surface area contributed by atoms with Crippen LogP contribution in [0.15, 0.2) is 42.5 Å². The lowest BCUT2D eigenvalue weighted by atomic mass is 9.68. The number of nitrogens with one attached hydrogen (secondary N) is 1. The summed E-state index contributed by atoms with van der Waals surface area (Å²) in [6.07, 6.45) is 6.09. The molecule has 1 aliphatic carbocycles. The van der Waals surface area contributed by atoms with Gasteiger partial charge in [0.2, 0.25) is 5.91 Å². The van der Waals surface area contributed by atoms with Crippen molar-refractivity contribution in [3.8, 4) is 0 Å². The van der Waals surface area contributed by atoms with E-state index in [1.807, 2.05) is 18.2 Å². The number of carboxylic acids is 1. The Kier molecular flexibility index (Phi) is 10.2. The van der Waals surface area contributed by atoms with Gasteiger partial charge in [0.05, 0.1) is 18.1 Å². The summed E-state index contributed by atoms with van der Waals surface area (Å²) in [6, 6.07) is 11.8. The van der Waals surface area contributed by atoms with E-state index < -0.39 is 17.7 Å². The van der Waals surface area contributed by atoms with Gasteiger partial charge < -0.3 is 31.3 Å². The molecule has 2 heterocycles. The van der Waals surface area contributed by atoms with Gasteiger partial charge in [-0.3, -0.25) is 9.59 Å². The second-order valence-corrected chi connectivity index (χ2v) is 12.3. The molecule has 2 aromatic rings. The fourth-order valence-corrected chi connectivity index (χ4v) is 6.64. The number of hydrogen-bond donors (Lipinski definition) is 5. The highest BCUT2D eigenvalue weighted by molar-refractivity contribution is 5.93. The first-order valence-electron chi connectivity index (χ1n) is 14.7. The van der Waals surface area contributed by atoms with Crippen molar-refractivity contribution in [3.05, 3.63) is 65.0 Å². The van der Waals surface area contributed by atoms with E-state index in [4.69, 9.17) is 10.8 Å². The van der Waals surface area contributed by atoms with Crippen LogP contribution in [0.3, 0.4) is 0 Å². The topological polar surface area (TPSA) is 136 Å². The lowest BCUT2D eigenvalue weighted by molar-refractivity contribution is -0.140. The SMILES string of the molecule is CC1CCCC(CN)(CC(=O)O)C1.O=C1CCc2cc([C@@H](O)CN3CCC(O)(c4cccc(F)c4)CC3)ccc2N1. The third kappa shape index (κ3) is 8.13. The molecule has 8 nitrogen and oxygen atoms in total. The number of aryl methyl sites for hydroxylation is 1. The molecule has 2 aliphatic heterocycles. The molecule has 0 bridgehead atoms. The summed E-state index contributed by atoms with van der Waals surface area (Å²) in [6.45, 7) is 4.44. The minimum absolute atomic E-state index is 0.0277. The lowest BCUT2D eigenvalue weighted by Gasteiger charge is -2.39. The fourth-order valence-electron chi connectivity index (χ4n) is 6.64. The van der Waals surface area contributed by atoms with Crippen molar-refractivity contribution in [2.24, 2.45) is 17.1 Å². The zero-order valence-corrected chi connectivity index (χ0v) is 23.9. The van der Waals surface area contributed by atoms with Gasteiger partial charge in [-0.05, 0) is 84.9 Å². The predicted molar refractivity (Wildman–Crippen MR) is 156 cm³/mol. The van der Waals surface area contributed by atoms with E-state index in [9.17, 15) is 24.2 Å². The number of carbonyl (C=O) groups is 2. The van der Waals surface area contributed by atoms with Crippen LogP contribution in [-0.4, -0.2) is 58.3 Å². The van der Waals surface area contributed by atoms with Crippen LogP contribution in [0.4, 0.5) is 10.1 Å². The first-order chi connectivity index (χ1) is 19.5. The van der Waals surface area contributed by atoms with E-state index in [-0.39, 0.29) is 23.6 Å². The van der Waals surface area contributed by atoms with Crippen LogP contribution in [0.1, 0.15) is 81.1 Å². The lowest BCUT2D eigenvalue weighted by Crippen LogP contribution is -2.44. The number of aliphatic carboxylic acids is 1. The summed E-state index contributed by atoms with van der Waals surface area (Å²) in [4.78, 5) is 24.3. The molecule has 224 valence electrons. The molecule has 1 saturated carbocycles. The Morgan fingerprint density at radius 3 is 2.59 bits per heavy atom. The second kappa shape index (κ2) is 13.4. The number of fused-ring (bicyclic) bond motifs is 1. The number of anilines is 1. The number of likely N-dealkylation sites (tertiary alicyclic amines) is 1. The van der Waals surface area contributed by atoms with Crippen LogP contribution in [0.25, 0.3) is 0 Å². The van der Waals surface area contributed by atoms with E-state index in [1.54, 1.807) is 12.1 Å². The number of rotatable bonds is 7. The van der Waals surface area contributed by atoms with Crippen molar-refractivity contribution in [1.82, 2.24) is 4.90 Å². The Morgan fingerprint density at radius 2 is 1.93 bits per heavy atom. The number of benzene rings is 2. The van der Waals surface area contributed by atoms with Gasteiger partial charge in [0.15, 0.2) is 0 Å². The van der Waals surface area contributed by atoms with Gasteiger partial charge in [-0.15, -0.1) is 0 Å². The maximum Gasteiger partial charge on any atom is 0.303 e. The van der Waals surface area contributed by atoms with Crippen LogP contribution < -0.4 is 11.1 Å². The zero-order valence-electron chi connectivity index (χ0n) is 23.9. The highest BCUT2D eigenvalue weighted by atomic mass is 19.1. The van der Waals surface area contributed by atoms with Crippen molar-refractivity contribution in [2.45, 2.75) is 76.4 Å². The van der Waals surface area contributed by atoms with Crippen LogP contribution in [0.2, 0.25) is 0 Å². The standard InChI is InChI=1S/C22H25FN2O3.C10H19NO2/c23-18-3-1-2-17(13-18)22(28)8-10-25(11-9-22)14-20(26)16-4-6-19-15(12-16)5-7-21(27)24-19;1-8-3-2-4-10(5-8,7-11)6-9(12)13/h1-4,6,12-13,20,26,28H,5,7-11,14H2,(H,24,27);8H,2-7,11H2,1H3,(H,12,13)/t20-;/m0./s1. The van der Waals surface area contributed by atoms with Gasteiger partial charge in [-0.25, -0.2) is 4.39 Å². The van der Waals surface area contributed by atoms with Crippen molar-refractivity contribution >= 4 is 17.6 Å². The van der Waals surface area contributed by atoms with Gasteiger partial charge in [0, 0.05) is 31.7 Å². The van der Waals surface area contributed by atoms with E-state index in [1.165, 1.54) is 18.6 Å². The summed E-state index contributed by atoms with van der Waals surface area (Å²) in [5.74, 6) is -0.386. The smallest absolute Gasteiger partial charge is 0.303 e. The molecule has 5 rings (SSSR count). The van der Waals surface area contributed by atoms with Gasteiger partial charge in [0.1, 0.15) is 5.82 Å². The fraction of sp³-hybridized carbons (Fsp3) is 0.562. The molecule has 3 atom stereocenters. The number of aliphatic hydroxyl groups excluding tert-OH is 1. The van der Waals surface area contributed by atoms with E-state index in [0.717, 1.165) is 36.1 Å². The quantitative estimate of drug-likeness (QED) is 0.335. The number of nitrogens with two attached hydrogens (primary N) is 1. The second-order valence-electron chi connectivity index (χ2n) is 12.3. The normalized spacial score (nSPS) is 24.8. The van der Waals surface area contributed by atoms with Crippen LogP contribution >= 0.6 is 0 Å². The number of carboxylic acid groups (broad SMARTS) is 1. The first-order valence-corrected chi connectivity index (χ1v) is 14.7. The minimum Gasteiger partial charge on any atom is -0.481 e. The van der Waals surface area contributed by atoms with E-state index >= 15 is 0 Å². The number of β-amino-alcohol motifs (C(OH)–C–C–N with tert-alkyl or cyclic N) is 1. The third-order valence-corrected chi connectivity index (χ3v) is 9.03. The van der Waals surface area contributed by atoms with Crippen molar-refractivity contribution in [2.75, 3.05) is 31.5 Å². The molecule has 0 radical (unpaired) electrons. The largest absolute Gasteiger partial charge is 0.481 e. The molecule has 1 saturated heterocycles. The molecule has 2 unspecified atom stereocenters. The summed E-state index contributed by atoms with van der Waals surface area (Å²) in [7, 11) is 0. The molecule has 6 N–H and O–H groups in total. The van der Waals surface area contributed by atoms with Gasteiger partial charge in [-0.1, -0.05) is 44.0 Å². The summed E-state index contributed by atoms with van der Waals surface area (Å²) in [5, 5.41) is 33.2. The van der Waals surface area contributed by atoms with Gasteiger partial charge in [-0.2, -0.15) is 0 Å². The summed E-state index contributed by atoms with van der Waals surface area (Å²) < 4.78 is 13.5. The average molecular weight is 570 g/mol. The molecule has 41 heavy (non-hydrogen) atoms. The van der Waals surface area contributed by atoms with E-state index in [0.29, 0.717) is 63.3 Å². The number of piperidine rings is 1. The molecular weight excluding hydrogens is 525 g/mol. The Bertz CT molecular complexity index is 1220. The number of amides is 1. The number of nitrogens with zero attached hydrogens (tertiary/aromatic N) is 1. The van der Waals surface area contributed by atoms with Crippen LogP contribution in [-0.2, 0) is 21.6 Å². The summed E-state index contributed by atoms with van der Waals surface area (Å²) >= 11 is 0. The molecule has 0 spiro atoms. The Morgan fingerprint density at radius 1 is 1.17 bits per heavy atom. The van der Waals surface area contributed by atoms with Crippen molar-refractivity contribution in [3.63, 3.8) is 0 Å².